The van der Waals surface area contributed by atoms with Gasteiger partial charge in [0.1, 0.15) is 18.1 Å². The van der Waals surface area contributed by atoms with Crippen LogP contribution in [0.1, 0.15) is 21.7 Å². The molecular formula is C21H21NO5. The molecule has 0 saturated carbocycles. The molecule has 6 heteroatoms. The Balaban J connectivity index is 1.72. The van der Waals surface area contributed by atoms with Gasteiger partial charge in [-0.15, -0.1) is 0 Å². The van der Waals surface area contributed by atoms with Crippen LogP contribution in [0.5, 0.6) is 17.2 Å². The molecule has 27 heavy (non-hydrogen) atoms. The van der Waals surface area contributed by atoms with Gasteiger partial charge in [0.15, 0.2) is 11.5 Å². The molecule has 0 unspecified atom stereocenters. The molecule has 0 aliphatic heterocycles. The van der Waals surface area contributed by atoms with Crippen LogP contribution in [0.4, 0.5) is 0 Å². The minimum atomic E-state index is -0.201. The fraction of sp³-hybridized carbons (Fsp3) is 0.190. The highest BCUT2D eigenvalue weighted by Crippen LogP contribution is 2.28. The van der Waals surface area contributed by atoms with Crippen molar-refractivity contribution in [2.45, 2.75) is 13.2 Å². The van der Waals surface area contributed by atoms with Crippen molar-refractivity contribution in [3.63, 3.8) is 0 Å². The maximum Gasteiger partial charge on any atom is 0.251 e. The number of nitrogens with one attached hydrogen (secondary N) is 1. The fourth-order valence-electron chi connectivity index (χ4n) is 2.61. The van der Waals surface area contributed by atoms with E-state index in [1.165, 1.54) is 0 Å². The Bertz CT molecular complexity index is 889. The fourth-order valence-corrected chi connectivity index (χ4v) is 2.61. The lowest BCUT2D eigenvalue weighted by Crippen LogP contribution is -2.22. The third-order valence-electron chi connectivity index (χ3n) is 4.00. The predicted octanol–water partition coefficient (Wildman–Crippen LogP) is 3.81. The third-order valence-corrected chi connectivity index (χ3v) is 4.00. The number of furan rings is 1. The molecule has 0 spiro atoms. The van der Waals surface area contributed by atoms with E-state index in [0.29, 0.717) is 35.1 Å². The number of rotatable bonds is 8. The van der Waals surface area contributed by atoms with Crippen LogP contribution in [0, 0.1) is 0 Å². The van der Waals surface area contributed by atoms with E-state index in [4.69, 9.17) is 18.6 Å². The lowest BCUT2D eigenvalue weighted by Gasteiger charge is -2.14. The number of ether oxygens (including phenoxy) is 3. The highest BCUT2D eigenvalue weighted by Gasteiger charge is 2.12. The number of methoxy groups -OCH3 is 2. The Hall–Kier alpha value is -3.41. The van der Waals surface area contributed by atoms with Gasteiger partial charge in [-0.1, -0.05) is 12.1 Å². The normalized spacial score (nSPS) is 10.3. The Morgan fingerprint density at radius 3 is 2.44 bits per heavy atom. The topological polar surface area (TPSA) is 69.9 Å². The standard InChI is InChI=1S/C21H21NO5/c1-24-18-10-9-15(21(23)22-13-17-6-5-11-26-17)12-16(18)14-27-20-8-4-3-7-19(20)25-2/h3-12H,13-14H2,1-2H3,(H,22,23). The molecule has 1 heterocycles. The molecule has 140 valence electrons. The first-order chi connectivity index (χ1) is 13.2. The molecular weight excluding hydrogens is 346 g/mol. The summed E-state index contributed by atoms with van der Waals surface area (Å²) in [6.07, 6.45) is 1.57. The maximum absolute atomic E-state index is 12.4. The molecule has 1 aromatic heterocycles. The number of benzene rings is 2. The molecule has 0 atom stereocenters. The second-order valence-corrected chi connectivity index (χ2v) is 5.73. The van der Waals surface area contributed by atoms with Crippen molar-refractivity contribution in [2.75, 3.05) is 14.2 Å². The summed E-state index contributed by atoms with van der Waals surface area (Å²) in [7, 11) is 3.17. The molecule has 3 aromatic rings. The summed E-state index contributed by atoms with van der Waals surface area (Å²) in [4.78, 5) is 12.4. The molecule has 1 amide bonds. The van der Waals surface area contributed by atoms with Crippen LogP contribution in [0.15, 0.2) is 65.3 Å². The molecule has 0 radical (unpaired) electrons. The number of amides is 1. The van der Waals surface area contributed by atoms with E-state index in [1.54, 1.807) is 50.8 Å². The second-order valence-electron chi connectivity index (χ2n) is 5.73. The number of carbonyl (C=O) groups is 1. The van der Waals surface area contributed by atoms with Gasteiger partial charge in [0, 0.05) is 11.1 Å². The number of hydrogen-bond donors (Lipinski definition) is 1. The summed E-state index contributed by atoms with van der Waals surface area (Å²) >= 11 is 0. The first-order valence-corrected chi connectivity index (χ1v) is 8.44. The Labute approximate surface area is 157 Å². The molecule has 0 aliphatic carbocycles. The van der Waals surface area contributed by atoms with Crippen molar-refractivity contribution in [2.24, 2.45) is 0 Å². The van der Waals surface area contributed by atoms with Crippen LogP contribution in [-0.4, -0.2) is 20.1 Å². The molecule has 0 bridgehead atoms. The minimum Gasteiger partial charge on any atom is -0.496 e. The van der Waals surface area contributed by atoms with Gasteiger partial charge in [0.05, 0.1) is 27.0 Å². The summed E-state index contributed by atoms with van der Waals surface area (Å²) in [5.41, 5.74) is 1.27. The molecule has 6 nitrogen and oxygen atoms in total. The summed E-state index contributed by atoms with van der Waals surface area (Å²) in [6.45, 7) is 0.563. The van der Waals surface area contributed by atoms with Gasteiger partial charge < -0.3 is 23.9 Å². The van der Waals surface area contributed by atoms with Crippen molar-refractivity contribution in [1.29, 1.82) is 0 Å². The van der Waals surface area contributed by atoms with E-state index in [1.807, 2.05) is 24.3 Å². The number of carbonyl (C=O) groups excluding carboxylic acids is 1. The minimum absolute atomic E-state index is 0.201. The lowest BCUT2D eigenvalue weighted by molar-refractivity contribution is 0.0948. The first kappa shape index (κ1) is 18.4. The molecule has 0 fully saturated rings. The average Bonchev–Trinajstić information content (AvgIpc) is 3.24. The highest BCUT2D eigenvalue weighted by atomic mass is 16.5. The van der Waals surface area contributed by atoms with Crippen molar-refractivity contribution < 1.29 is 23.4 Å². The van der Waals surface area contributed by atoms with Crippen molar-refractivity contribution >= 4 is 5.91 Å². The monoisotopic (exact) mass is 367 g/mol. The van der Waals surface area contributed by atoms with Crippen molar-refractivity contribution in [1.82, 2.24) is 5.32 Å². The quantitative estimate of drug-likeness (QED) is 0.656. The van der Waals surface area contributed by atoms with Gasteiger partial charge in [-0.3, -0.25) is 4.79 Å². The van der Waals surface area contributed by atoms with E-state index >= 15 is 0 Å². The Morgan fingerprint density at radius 2 is 1.74 bits per heavy atom. The highest BCUT2D eigenvalue weighted by molar-refractivity contribution is 5.94. The summed E-state index contributed by atoms with van der Waals surface area (Å²) in [6, 6.07) is 16.2. The summed E-state index contributed by atoms with van der Waals surface area (Å²) in [5, 5.41) is 2.82. The van der Waals surface area contributed by atoms with Crippen LogP contribution >= 0.6 is 0 Å². The number of para-hydroxylation sites is 2. The van der Waals surface area contributed by atoms with E-state index in [-0.39, 0.29) is 12.5 Å². The molecule has 2 aromatic carbocycles. The van der Waals surface area contributed by atoms with Crippen molar-refractivity contribution in [3.8, 4) is 17.2 Å². The zero-order valence-electron chi connectivity index (χ0n) is 15.2. The van der Waals surface area contributed by atoms with Crippen LogP contribution in [0.3, 0.4) is 0 Å². The second kappa shape index (κ2) is 8.80. The summed E-state index contributed by atoms with van der Waals surface area (Å²) < 4.78 is 21.8. The van der Waals surface area contributed by atoms with Gasteiger partial charge in [-0.05, 0) is 42.5 Å². The largest absolute Gasteiger partial charge is 0.496 e. The van der Waals surface area contributed by atoms with Gasteiger partial charge in [-0.2, -0.15) is 0 Å². The Morgan fingerprint density at radius 1 is 0.963 bits per heavy atom. The molecule has 0 saturated heterocycles. The van der Waals surface area contributed by atoms with Gasteiger partial charge in [0.25, 0.3) is 5.91 Å². The smallest absolute Gasteiger partial charge is 0.251 e. The van der Waals surface area contributed by atoms with Gasteiger partial charge >= 0.3 is 0 Å². The van der Waals surface area contributed by atoms with E-state index < -0.39 is 0 Å². The van der Waals surface area contributed by atoms with Gasteiger partial charge in [0.2, 0.25) is 0 Å². The zero-order valence-corrected chi connectivity index (χ0v) is 15.2. The molecule has 3 rings (SSSR count). The average molecular weight is 367 g/mol. The first-order valence-electron chi connectivity index (χ1n) is 8.44. The zero-order chi connectivity index (χ0) is 19.1. The maximum atomic E-state index is 12.4. The van der Waals surface area contributed by atoms with E-state index in [0.717, 1.165) is 5.56 Å². The van der Waals surface area contributed by atoms with Gasteiger partial charge in [-0.25, -0.2) is 0 Å². The lowest BCUT2D eigenvalue weighted by atomic mass is 10.1. The third kappa shape index (κ3) is 4.61. The number of hydrogen-bond acceptors (Lipinski definition) is 5. The molecule has 0 aliphatic rings. The van der Waals surface area contributed by atoms with E-state index in [2.05, 4.69) is 5.32 Å². The Kier molecular flexibility index (Phi) is 5.99. The van der Waals surface area contributed by atoms with E-state index in [9.17, 15) is 4.79 Å². The SMILES string of the molecule is COc1ccc(C(=O)NCc2ccco2)cc1COc1ccccc1OC. The predicted molar refractivity (Wildman–Crippen MR) is 100 cm³/mol. The molecule has 1 N–H and O–H groups in total. The van der Waals surface area contributed by atoms with Crippen molar-refractivity contribution in [3.05, 3.63) is 77.7 Å². The summed E-state index contributed by atoms with van der Waals surface area (Å²) in [5.74, 6) is 2.40. The van der Waals surface area contributed by atoms with Crippen LogP contribution in [-0.2, 0) is 13.2 Å². The van der Waals surface area contributed by atoms with Crippen LogP contribution in [0.25, 0.3) is 0 Å². The van der Waals surface area contributed by atoms with Crippen LogP contribution in [0.2, 0.25) is 0 Å². The van der Waals surface area contributed by atoms with Crippen LogP contribution < -0.4 is 19.5 Å².